The van der Waals surface area contributed by atoms with Crippen LogP contribution in [0.5, 0.6) is 0 Å². The molecule has 0 saturated carbocycles. The SMILES string of the molecule is CNCC(CC1COC1)c1ccc(F)cc1. The second-order valence-electron chi connectivity index (χ2n) is 4.45. The molecule has 2 nitrogen and oxygen atoms in total. The molecule has 16 heavy (non-hydrogen) atoms. The summed E-state index contributed by atoms with van der Waals surface area (Å²) < 4.78 is 18.0. The molecule has 1 aromatic rings. The Morgan fingerprint density at radius 3 is 2.56 bits per heavy atom. The molecule has 1 aromatic carbocycles. The maximum atomic E-state index is 12.8. The monoisotopic (exact) mass is 223 g/mol. The first kappa shape index (κ1) is 11.6. The highest BCUT2D eigenvalue weighted by atomic mass is 19.1. The Kier molecular flexibility index (Phi) is 3.91. The average Bonchev–Trinajstić information content (AvgIpc) is 2.23. The molecular formula is C13H18FNO. The van der Waals surface area contributed by atoms with Crippen molar-refractivity contribution >= 4 is 0 Å². The van der Waals surface area contributed by atoms with Gasteiger partial charge in [0.25, 0.3) is 0 Å². The summed E-state index contributed by atoms with van der Waals surface area (Å²) in [6, 6.07) is 6.85. The summed E-state index contributed by atoms with van der Waals surface area (Å²) in [5.74, 6) is 0.960. The van der Waals surface area contributed by atoms with E-state index < -0.39 is 0 Å². The van der Waals surface area contributed by atoms with Gasteiger partial charge in [0.2, 0.25) is 0 Å². The Labute approximate surface area is 95.8 Å². The molecule has 0 bridgehead atoms. The fourth-order valence-electron chi connectivity index (χ4n) is 2.14. The fraction of sp³-hybridized carbons (Fsp3) is 0.538. The topological polar surface area (TPSA) is 21.3 Å². The second-order valence-corrected chi connectivity index (χ2v) is 4.45. The summed E-state index contributed by atoms with van der Waals surface area (Å²) in [7, 11) is 1.95. The van der Waals surface area contributed by atoms with Gasteiger partial charge < -0.3 is 10.1 Å². The highest BCUT2D eigenvalue weighted by Gasteiger charge is 2.23. The normalized spacial score (nSPS) is 18.1. The van der Waals surface area contributed by atoms with Gasteiger partial charge in [0, 0.05) is 12.5 Å². The fourth-order valence-corrected chi connectivity index (χ4v) is 2.14. The minimum atomic E-state index is -0.168. The highest BCUT2D eigenvalue weighted by Crippen LogP contribution is 2.27. The van der Waals surface area contributed by atoms with E-state index >= 15 is 0 Å². The number of likely N-dealkylation sites (N-methyl/N-ethyl adjacent to an activating group) is 1. The summed E-state index contributed by atoms with van der Waals surface area (Å²) in [6.07, 6.45) is 1.12. The summed E-state index contributed by atoms with van der Waals surface area (Å²) in [5, 5.41) is 3.20. The van der Waals surface area contributed by atoms with Crippen LogP contribution in [0.25, 0.3) is 0 Å². The van der Waals surface area contributed by atoms with Crippen molar-refractivity contribution in [1.82, 2.24) is 5.32 Å². The van der Waals surface area contributed by atoms with E-state index in [4.69, 9.17) is 4.74 Å². The lowest BCUT2D eigenvalue weighted by molar-refractivity contribution is -0.0384. The predicted octanol–water partition coefficient (Wildman–Crippen LogP) is 2.17. The van der Waals surface area contributed by atoms with E-state index in [-0.39, 0.29) is 5.82 Å². The minimum absolute atomic E-state index is 0.168. The van der Waals surface area contributed by atoms with Crippen molar-refractivity contribution in [2.75, 3.05) is 26.8 Å². The molecule has 2 rings (SSSR count). The third-order valence-electron chi connectivity index (χ3n) is 3.12. The van der Waals surface area contributed by atoms with E-state index in [0.29, 0.717) is 11.8 Å². The molecule has 1 aliphatic heterocycles. The van der Waals surface area contributed by atoms with Crippen LogP contribution in [-0.4, -0.2) is 26.8 Å². The van der Waals surface area contributed by atoms with Crippen molar-refractivity contribution in [3.8, 4) is 0 Å². The number of hydrogen-bond donors (Lipinski definition) is 1. The Morgan fingerprint density at radius 1 is 1.38 bits per heavy atom. The number of benzene rings is 1. The standard InChI is InChI=1S/C13H18FNO/c1-15-7-12(6-10-8-16-9-10)11-2-4-13(14)5-3-11/h2-5,10,12,15H,6-9H2,1H3. The number of halogens is 1. The lowest BCUT2D eigenvalue weighted by Crippen LogP contribution is -2.31. The van der Waals surface area contributed by atoms with Gasteiger partial charge in [-0.1, -0.05) is 12.1 Å². The van der Waals surface area contributed by atoms with Gasteiger partial charge in [-0.2, -0.15) is 0 Å². The van der Waals surface area contributed by atoms with Crippen molar-refractivity contribution in [3.05, 3.63) is 35.6 Å². The Balaban J connectivity index is 2.01. The summed E-state index contributed by atoms with van der Waals surface area (Å²) >= 11 is 0. The molecular weight excluding hydrogens is 205 g/mol. The van der Waals surface area contributed by atoms with Crippen molar-refractivity contribution in [2.24, 2.45) is 5.92 Å². The van der Waals surface area contributed by atoms with Crippen LogP contribution in [0.1, 0.15) is 17.9 Å². The molecule has 88 valence electrons. The average molecular weight is 223 g/mol. The van der Waals surface area contributed by atoms with E-state index in [0.717, 1.165) is 26.2 Å². The largest absolute Gasteiger partial charge is 0.381 e. The molecule has 1 atom stereocenters. The maximum absolute atomic E-state index is 12.8. The van der Waals surface area contributed by atoms with E-state index in [9.17, 15) is 4.39 Å². The molecule has 1 N–H and O–H groups in total. The van der Waals surface area contributed by atoms with E-state index in [1.54, 1.807) is 0 Å². The Morgan fingerprint density at radius 2 is 2.06 bits per heavy atom. The number of nitrogens with one attached hydrogen (secondary N) is 1. The second kappa shape index (κ2) is 5.41. The van der Waals surface area contributed by atoms with Gasteiger partial charge in [0.05, 0.1) is 13.2 Å². The van der Waals surface area contributed by atoms with Crippen LogP contribution in [0.3, 0.4) is 0 Å². The first-order valence-electron chi connectivity index (χ1n) is 5.77. The van der Waals surface area contributed by atoms with Gasteiger partial charge in [-0.3, -0.25) is 0 Å². The molecule has 0 aliphatic carbocycles. The lowest BCUT2D eigenvalue weighted by Gasteiger charge is -2.30. The van der Waals surface area contributed by atoms with Crippen LogP contribution in [0.4, 0.5) is 4.39 Å². The number of rotatable bonds is 5. The third-order valence-corrected chi connectivity index (χ3v) is 3.12. The summed E-state index contributed by atoms with van der Waals surface area (Å²) in [6.45, 7) is 2.69. The minimum Gasteiger partial charge on any atom is -0.381 e. The van der Waals surface area contributed by atoms with Crippen molar-refractivity contribution in [1.29, 1.82) is 0 Å². The molecule has 0 aromatic heterocycles. The van der Waals surface area contributed by atoms with Gasteiger partial charge in [-0.05, 0) is 37.1 Å². The molecule has 1 aliphatic rings. The summed E-state index contributed by atoms with van der Waals surface area (Å²) in [4.78, 5) is 0. The Bertz CT molecular complexity index is 321. The zero-order valence-corrected chi connectivity index (χ0v) is 9.58. The van der Waals surface area contributed by atoms with Crippen LogP contribution < -0.4 is 5.32 Å². The summed E-state index contributed by atoms with van der Waals surface area (Å²) in [5.41, 5.74) is 1.21. The first-order chi connectivity index (χ1) is 7.79. The quantitative estimate of drug-likeness (QED) is 0.826. The Hall–Kier alpha value is -0.930. The lowest BCUT2D eigenvalue weighted by atomic mass is 9.88. The number of ether oxygens (including phenoxy) is 1. The molecule has 3 heteroatoms. The van der Waals surface area contributed by atoms with Crippen molar-refractivity contribution in [2.45, 2.75) is 12.3 Å². The zero-order valence-electron chi connectivity index (χ0n) is 9.58. The molecule has 1 unspecified atom stereocenters. The van der Waals surface area contributed by atoms with E-state index in [1.807, 2.05) is 19.2 Å². The molecule has 1 heterocycles. The van der Waals surface area contributed by atoms with Gasteiger partial charge in [-0.15, -0.1) is 0 Å². The van der Waals surface area contributed by atoms with E-state index in [2.05, 4.69) is 5.32 Å². The molecule has 0 spiro atoms. The van der Waals surface area contributed by atoms with Crippen molar-refractivity contribution < 1.29 is 9.13 Å². The van der Waals surface area contributed by atoms with Gasteiger partial charge >= 0.3 is 0 Å². The van der Waals surface area contributed by atoms with Crippen molar-refractivity contribution in [3.63, 3.8) is 0 Å². The zero-order chi connectivity index (χ0) is 11.4. The van der Waals surface area contributed by atoms with Gasteiger partial charge in [0.15, 0.2) is 0 Å². The molecule has 0 radical (unpaired) electrons. The van der Waals surface area contributed by atoms with Crippen LogP contribution in [-0.2, 0) is 4.74 Å². The van der Waals surface area contributed by atoms with Crippen LogP contribution >= 0.6 is 0 Å². The first-order valence-corrected chi connectivity index (χ1v) is 5.77. The molecule has 1 saturated heterocycles. The smallest absolute Gasteiger partial charge is 0.123 e. The van der Waals surface area contributed by atoms with Crippen LogP contribution in [0.15, 0.2) is 24.3 Å². The van der Waals surface area contributed by atoms with Gasteiger partial charge in [-0.25, -0.2) is 4.39 Å². The molecule has 1 fully saturated rings. The molecule has 0 amide bonds. The predicted molar refractivity (Wildman–Crippen MR) is 62.0 cm³/mol. The highest BCUT2D eigenvalue weighted by molar-refractivity contribution is 5.21. The third kappa shape index (κ3) is 2.80. The maximum Gasteiger partial charge on any atom is 0.123 e. The number of hydrogen-bond acceptors (Lipinski definition) is 2. The van der Waals surface area contributed by atoms with Gasteiger partial charge in [0.1, 0.15) is 5.82 Å². The van der Waals surface area contributed by atoms with Crippen LogP contribution in [0.2, 0.25) is 0 Å². The van der Waals surface area contributed by atoms with E-state index in [1.165, 1.54) is 17.7 Å². The van der Waals surface area contributed by atoms with Crippen LogP contribution in [0, 0.1) is 11.7 Å².